The monoisotopic (exact) mass is 218 g/mol. The van der Waals surface area contributed by atoms with Crippen LogP contribution in [0.5, 0.6) is 0 Å². The van der Waals surface area contributed by atoms with Crippen molar-refractivity contribution >= 4 is 11.3 Å². The summed E-state index contributed by atoms with van der Waals surface area (Å²) in [5.74, 6) is -0.395. The summed E-state index contributed by atoms with van der Waals surface area (Å²) in [7, 11) is 0. The summed E-state index contributed by atoms with van der Waals surface area (Å²) in [6.07, 6.45) is 3.03. The van der Waals surface area contributed by atoms with E-state index in [-0.39, 0.29) is 5.41 Å². The number of thiophene rings is 1. The molecule has 0 bridgehead atoms. The maximum absolute atomic E-state index is 13.3. The van der Waals surface area contributed by atoms with Crippen LogP contribution in [0.25, 0.3) is 0 Å². The second-order valence-corrected chi connectivity index (χ2v) is 5.22. The maximum atomic E-state index is 13.3. The molecule has 1 heterocycles. The smallest absolute Gasteiger partial charge is 0.179 e. The average molecular weight is 218 g/mol. The number of rotatable bonds is 4. The zero-order chi connectivity index (χ0) is 10.8. The van der Waals surface area contributed by atoms with E-state index < -0.39 is 10.9 Å². The van der Waals surface area contributed by atoms with Gasteiger partial charge in [-0.05, 0) is 6.42 Å². The first-order valence-corrected chi connectivity index (χ1v) is 5.74. The third-order valence-electron chi connectivity index (χ3n) is 2.43. The summed E-state index contributed by atoms with van der Waals surface area (Å²) in [5.41, 5.74) is -0.241. The van der Waals surface area contributed by atoms with Crippen molar-refractivity contribution in [3.63, 3.8) is 0 Å². The summed E-state index contributed by atoms with van der Waals surface area (Å²) in [6.45, 7) is 6.04. The number of unbranched alkanes of at least 4 members (excludes halogenated alkanes) is 1. The van der Waals surface area contributed by atoms with Gasteiger partial charge in [-0.15, -0.1) is 11.3 Å². The Morgan fingerprint density at radius 3 is 2.43 bits per heavy atom. The standard InChI is InChI=1S/C11H16F2S/c1-4-5-6-11(2,3)10-8(12)7-9(13)14-10/h7H,4-6H2,1-3H3. The van der Waals surface area contributed by atoms with E-state index in [9.17, 15) is 8.78 Å². The molecule has 0 aliphatic rings. The molecule has 80 valence electrons. The number of hydrogen-bond donors (Lipinski definition) is 0. The van der Waals surface area contributed by atoms with E-state index in [1.165, 1.54) is 0 Å². The van der Waals surface area contributed by atoms with Crippen LogP contribution in [0.3, 0.4) is 0 Å². The Morgan fingerprint density at radius 1 is 1.36 bits per heavy atom. The van der Waals surface area contributed by atoms with Gasteiger partial charge in [-0.25, -0.2) is 4.39 Å². The van der Waals surface area contributed by atoms with Crippen molar-refractivity contribution in [3.05, 3.63) is 21.9 Å². The lowest BCUT2D eigenvalue weighted by atomic mass is 9.85. The quantitative estimate of drug-likeness (QED) is 0.698. The van der Waals surface area contributed by atoms with E-state index in [1.807, 2.05) is 13.8 Å². The molecule has 1 aromatic rings. The summed E-state index contributed by atoms with van der Waals surface area (Å²) >= 11 is 0.930. The van der Waals surface area contributed by atoms with Crippen molar-refractivity contribution in [2.75, 3.05) is 0 Å². The second kappa shape index (κ2) is 4.39. The zero-order valence-corrected chi connectivity index (χ0v) is 9.68. The Bertz CT molecular complexity index is 302. The average Bonchev–Trinajstić information content (AvgIpc) is 2.42. The van der Waals surface area contributed by atoms with Crippen LogP contribution >= 0.6 is 11.3 Å². The van der Waals surface area contributed by atoms with Gasteiger partial charge in [0, 0.05) is 16.4 Å². The lowest BCUT2D eigenvalue weighted by Gasteiger charge is -2.22. The van der Waals surface area contributed by atoms with Crippen molar-refractivity contribution < 1.29 is 8.78 Å². The second-order valence-electron chi connectivity index (χ2n) is 4.22. The van der Waals surface area contributed by atoms with E-state index in [1.54, 1.807) is 0 Å². The van der Waals surface area contributed by atoms with Gasteiger partial charge >= 0.3 is 0 Å². The molecule has 0 aromatic carbocycles. The highest BCUT2D eigenvalue weighted by molar-refractivity contribution is 7.10. The minimum Gasteiger partial charge on any atom is -0.206 e. The molecule has 0 unspecified atom stereocenters. The van der Waals surface area contributed by atoms with E-state index in [4.69, 9.17) is 0 Å². The zero-order valence-electron chi connectivity index (χ0n) is 8.86. The molecule has 0 N–H and O–H groups in total. The lowest BCUT2D eigenvalue weighted by molar-refractivity contribution is 0.444. The van der Waals surface area contributed by atoms with Gasteiger partial charge in [0.15, 0.2) is 5.13 Å². The molecule has 14 heavy (non-hydrogen) atoms. The lowest BCUT2D eigenvalue weighted by Crippen LogP contribution is -2.16. The van der Waals surface area contributed by atoms with Gasteiger partial charge in [-0.2, -0.15) is 4.39 Å². The van der Waals surface area contributed by atoms with Crippen LogP contribution < -0.4 is 0 Å². The van der Waals surface area contributed by atoms with Gasteiger partial charge in [-0.1, -0.05) is 33.6 Å². The Labute approximate surface area is 88.0 Å². The normalized spacial score (nSPS) is 12.1. The summed E-state index contributed by atoms with van der Waals surface area (Å²) in [5, 5.41) is -0.429. The van der Waals surface area contributed by atoms with Crippen LogP contribution in [0, 0.1) is 10.9 Å². The van der Waals surface area contributed by atoms with E-state index in [0.717, 1.165) is 36.7 Å². The Morgan fingerprint density at radius 2 is 2.00 bits per heavy atom. The SMILES string of the molecule is CCCCC(C)(C)c1sc(F)cc1F. The highest BCUT2D eigenvalue weighted by Crippen LogP contribution is 2.35. The Kier molecular flexibility index (Phi) is 3.65. The fraction of sp³-hybridized carbons (Fsp3) is 0.636. The Hall–Kier alpha value is -0.440. The molecule has 3 heteroatoms. The third-order valence-corrected chi connectivity index (χ3v) is 3.69. The molecular weight excluding hydrogens is 202 g/mol. The third kappa shape index (κ3) is 2.53. The van der Waals surface area contributed by atoms with Gasteiger partial charge in [0.25, 0.3) is 0 Å². The van der Waals surface area contributed by atoms with Crippen LogP contribution in [0.1, 0.15) is 44.9 Å². The van der Waals surface area contributed by atoms with Crippen molar-refractivity contribution in [1.29, 1.82) is 0 Å². The first-order valence-electron chi connectivity index (χ1n) is 4.92. The largest absolute Gasteiger partial charge is 0.206 e. The Balaban J connectivity index is 2.85. The summed E-state index contributed by atoms with van der Waals surface area (Å²) in [4.78, 5) is 0.545. The van der Waals surface area contributed by atoms with Crippen LogP contribution in [0.15, 0.2) is 6.07 Å². The van der Waals surface area contributed by atoms with Crippen LogP contribution in [0.4, 0.5) is 8.78 Å². The van der Waals surface area contributed by atoms with Crippen molar-refractivity contribution in [2.45, 2.75) is 45.4 Å². The first-order chi connectivity index (χ1) is 6.47. The topological polar surface area (TPSA) is 0 Å². The van der Waals surface area contributed by atoms with Gasteiger partial charge in [0.1, 0.15) is 5.82 Å². The van der Waals surface area contributed by atoms with Crippen LogP contribution in [-0.2, 0) is 5.41 Å². The van der Waals surface area contributed by atoms with Crippen LogP contribution in [0.2, 0.25) is 0 Å². The fourth-order valence-corrected chi connectivity index (χ4v) is 2.43. The molecular formula is C11H16F2S. The molecule has 1 aromatic heterocycles. The molecule has 0 nitrogen and oxygen atoms in total. The molecule has 0 aliphatic carbocycles. The van der Waals surface area contributed by atoms with E-state index in [0.29, 0.717) is 4.88 Å². The highest BCUT2D eigenvalue weighted by Gasteiger charge is 2.26. The molecule has 0 radical (unpaired) electrons. The van der Waals surface area contributed by atoms with Crippen molar-refractivity contribution in [2.24, 2.45) is 0 Å². The number of hydrogen-bond acceptors (Lipinski definition) is 1. The first kappa shape index (κ1) is 11.6. The van der Waals surface area contributed by atoms with Gasteiger partial charge in [0.05, 0.1) is 0 Å². The van der Waals surface area contributed by atoms with Crippen LogP contribution in [-0.4, -0.2) is 0 Å². The fourth-order valence-electron chi connectivity index (χ4n) is 1.53. The summed E-state index contributed by atoms with van der Waals surface area (Å²) < 4.78 is 26.1. The minimum absolute atomic E-state index is 0.241. The highest BCUT2D eigenvalue weighted by atomic mass is 32.1. The van der Waals surface area contributed by atoms with Crippen molar-refractivity contribution in [1.82, 2.24) is 0 Å². The molecule has 0 saturated carbocycles. The summed E-state index contributed by atoms with van der Waals surface area (Å²) in [6, 6.07) is 0.980. The molecule has 0 atom stereocenters. The molecule has 0 saturated heterocycles. The van der Waals surface area contributed by atoms with Crippen molar-refractivity contribution in [3.8, 4) is 0 Å². The van der Waals surface area contributed by atoms with Gasteiger partial charge in [0.2, 0.25) is 0 Å². The molecule has 0 spiro atoms. The van der Waals surface area contributed by atoms with E-state index in [2.05, 4.69) is 6.92 Å². The molecule has 0 aliphatic heterocycles. The molecule has 0 fully saturated rings. The minimum atomic E-state index is -0.429. The van der Waals surface area contributed by atoms with E-state index >= 15 is 0 Å². The maximum Gasteiger partial charge on any atom is 0.179 e. The van der Waals surface area contributed by atoms with Gasteiger partial charge < -0.3 is 0 Å². The predicted molar refractivity (Wildman–Crippen MR) is 56.8 cm³/mol. The molecule has 0 amide bonds. The predicted octanol–water partition coefficient (Wildman–Crippen LogP) is 4.49. The molecule has 1 rings (SSSR count). The van der Waals surface area contributed by atoms with Gasteiger partial charge in [-0.3, -0.25) is 0 Å². The number of halogens is 2.